The average molecular weight is 351 g/mol. The van der Waals surface area contributed by atoms with Crippen molar-refractivity contribution in [2.45, 2.75) is 12.6 Å². The molecule has 3 rings (SSSR count). The van der Waals surface area contributed by atoms with Crippen LogP contribution in [0, 0.1) is 0 Å². The molecule has 4 N–H and O–H groups in total. The Hall–Kier alpha value is -3.45. The number of nitrogens with zero attached hydrogens (tertiary/aromatic N) is 1. The Bertz CT molecular complexity index is 953. The highest BCUT2D eigenvalue weighted by molar-refractivity contribution is 5.75. The number of aromatic nitrogens is 2. The molecule has 0 radical (unpaired) electrons. The van der Waals surface area contributed by atoms with Gasteiger partial charge in [-0.25, -0.2) is 0 Å². The smallest absolute Gasteiger partial charge is 0.325 e. The molecule has 2 heterocycles. The van der Waals surface area contributed by atoms with Crippen LogP contribution in [0.25, 0.3) is 11.3 Å². The van der Waals surface area contributed by atoms with Gasteiger partial charge in [-0.3, -0.25) is 19.9 Å². The van der Waals surface area contributed by atoms with Gasteiger partial charge in [0, 0.05) is 35.8 Å². The van der Waals surface area contributed by atoms with Crippen molar-refractivity contribution in [3.05, 3.63) is 82.4 Å². The lowest BCUT2D eigenvalue weighted by molar-refractivity contribution is -0.139. The van der Waals surface area contributed by atoms with E-state index in [0.717, 1.165) is 5.56 Å². The summed E-state index contributed by atoms with van der Waals surface area (Å²) in [7, 11) is 0. The van der Waals surface area contributed by atoms with Gasteiger partial charge in [0.1, 0.15) is 11.8 Å². The Morgan fingerprint density at radius 1 is 1.08 bits per heavy atom. The number of carbonyl (C=O) groups is 1. The number of nitrogens with one attached hydrogen (secondary N) is 2. The van der Waals surface area contributed by atoms with Crippen LogP contribution in [0.15, 0.2) is 65.7 Å². The minimum Gasteiger partial charge on any atom is -0.508 e. The number of carboxylic acid groups (broad SMARTS) is 1. The van der Waals surface area contributed by atoms with Gasteiger partial charge >= 0.3 is 5.97 Å². The SMILES string of the molecule is O=C(O)C(NCc1ccc(-c2ccncc2)[nH]c1=O)c1ccc(O)cc1. The van der Waals surface area contributed by atoms with Crippen molar-refractivity contribution in [3.8, 4) is 17.0 Å². The van der Waals surface area contributed by atoms with Crippen LogP contribution in [0.5, 0.6) is 5.75 Å². The number of benzene rings is 1. The van der Waals surface area contributed by atoms with Gasteiger partial charge in [0.05, 0.1) is 0 Å². The molecule has 132 valence electrons. The summed E-state index contributed by atoms with van der Waals surface area (Å²) in [5.41, 5.74) is 2.12. The quantitative estimate of drug-likeness (QED) is 0.540. The highest BCUT2D eigenvalue weighted by atomic mass is 16.4. The number of phenols is 1. The number of rotatable bonds is 6. The lowest BCUT2D eigenvalue weighted by atomic mass is 10.1. The van der Waals surface area contributed by atoms with Gasteiger partial charge in [-0.1, -0.05) is 18.2 Å². The van der Waals surface area contributed by atoms with Crippen LogP contribution in [0.2, 0.25) is 0 Å². The summed E-state index contributed by atoms with van der Waals surface area (Å²) in [6.07, 6.45) is 3.27. The third-order valence-electron chi connectivity index (χ3n) is 3.95. The predicted octanol–water partition coefficient (Wildman–Crippen LogP) is 2.06. The van der Waals surface area contributed by atoms with Gasteiger partial charge in [0.15, 0.2) is 0 Å². The molecule has 0 fully saturated rings. The van der Waals surface area contributed by atoms with E-state index >= 15 is 0 Å². The van der Waals surface area contributed by atoms with E-state index in [2.05, 4.69) is 15.3 Å². The number of aromatic hydroxyl groups is 1. The number of pyridine rings is 2. The fourth-order valence-electron chi connectivity index (χ4n) is 2.57. The number of hydrogen-bond acceptors (Lipinski definition) is 5. The third kappa shape index (κ3) is 3.96. The molecule has 3 aromatic rings. The minimum atomic E-state index is -1.07. The lowest BCUT2D eigenvalue weighted by Gasteiger charge is -2.15. The van der Waals surface area contributed by atoms with E-state index in [-0.39, 0.29) is 17.9 Å². The summed E-state index contributed by atoms with van der Waals surface area (Å²) in [6, 6.07) is 11.9. The Morgan fingerprint density at radius 2 is 1.77 bits per heavy atom. The zero-order chi connectivity index (χ0) is 18.5. The molecule has 0 aliphatic rings. The van der Waals surface area contributed by atoms with Crippen LogP contribution in [0.3, 0.4) is 0 Å². The number of aromatic amines is 1. The molecule has 0 aliphatic carbocycles. The van der Waals surface area contributed by atoms with Crippen molar-refractivity contribution in [1.82, 2.24) is 15.3 Å². The van der Waals surface area contributed by atoms with E-state index in [4.69, 9.17) is 0 Å². The molecule has 0 spiro atoms. The molecule has 1 aromatic carbocycles. The van der Waals surface area contributed by atoms with Crippen LogP contribution >= 0.6 is 0 Å². The zero-order valence-electron chi connectivity index (χ0n) is 13.7. The Labute approximate surface area is 149 Å². The molecule has 2 aromatic heterocycles. The first-order valence-corrected chi connectivity index (χ1v) is 7.92. The highest BCUT2D eigenvalue weighted by Gasteiger charge is 2.19. The molecule has 26 heavy (non-hydrogen) atoms. The molecule has 1 unspecified atom stereocenters. The summed E-state index contributed by atoms with van der Waals surface area (Å²) < 4.78 is 0. The fourth-order valence-corrected chi connectivity index (χ4v) is 2.57. The van der Waals surface area contributed by atoms with Gasteiger partial charge in [0.2, 0.25) is 0 Å². The summed E-state index contributed by atoms with van der Waals surface area (Å²) in [5.74, 6) is -1.01. The maximum Gasteiger partial charge on any atom is 0.325 e. The van der Waals surface area contributed by atoms with Crippen molar-refractivity contribution in [3.63, 3.8) is 0 Å². The molecule has 0 amide bonds. The number of carboxylic acids is 1. The maximum absolute atomic E-state index is 12.3. The van der Waals surface area contributed by atoms with Gasteiger partial charge in [-0.05, 0) is 35.9 Å². The first kappa shape index (κ1) is 17.4. The summed E-state index contributed by atoms with van der Waals surface area (Å²) in [5, 5.41) is 21.6. The van der Waals surface area contributed by atoms with Crippen LogP contribution in [0.4, 0.5) is 0 Å². The average Bonchev–Trinajstić information content (AvgIpc) is 2.65. The molecule has 7 nitrogen and oxygen atoms in total. The van der Waals surface area contributed by atoms with E-state index in [1.165, 1.54) is 24.3 Å². The summed E-state index contributed by atoms with van der Waals surface area (Å²) in [4.78, 5) is 30.5. The van der Waals surface area contributed by atoms with E-state index in [1.54, 1.807) is 36.7 Å². The van der Waals surface area contributed by atoms with Crippen molar-refractivity contribution >= 4 is 5.97 Å². The molecule has 1 atom stereocenters. The Balaban J connectivity index is 1.77. The molecule has 0 saturated heterocycles. The number of phenolic OH excluding ortho intramolecular Hbond substituents is 1. The fraction of sp³-hybridized carbons (Fsp3) is 0.105. The molecule has 0 saturated carbocycles. The second kappa shape index (κ2) is 7.62. The largest absolute Gasteiger partial charge is 0.508 e. The second-order valence-corrected chi connectivity index (χ2v) is 5.71. The first-order chi connectivity index (χ1) is 12.5. The van der Waals surface area contributed by atoms with Crippen molar-refractivity contribution < 1.29 is 15.0 Å². The van der Waals surface area contributed by atoms with E-state index in [0.29, 0.717) is 16.8 Å². The third-order valence-corrected chi connectivity index (χ3v) is 3.95. The molecular formula is C19H17N3O4. The lowest BCUT2D eigenvalue weighted by Crippen LogP contribution is -2.30. The predicted molar refractivity (Wildman–Crippen MR) is 95.6 cm³/mol. The van der Waals surface area contributed by atoms with Gasteiger partial charge < -0.3 is 15.2 Å². The van der Waals surface area contributed by atoms with Crippen molar-refractivity contribution in [2.75, 3.05) is 0 Å². The summed E-state index contributed by atoms with van der Waals surface area (Å²) in [6.45, 7) is 0.0871. The summed E-state index contributed by atoms with van der Waals surface area (Å²) >= 11 is 0. The van der Waals surface area contributed by atoms with E-state index in [1.807, 2.05) is 0 Å². The van der Waals surface area contributed by atoms with Gasteiger partial charge in [0.25, 0.3) is 5.56 Å². The second-order valence-electron chi connectivity index (χ2n) is 5.71. The van der Waals surface area contributed by atoms with E-state index < -0.39 is 12.0 Å². The normalized spacial score (nSPS) is 11.8. The molecular weight excluding hydrogens is 334 g/mol. The number of aliphatic carboxylic acids is 1. The number of hydrogen-bond donors (Lipinski definition) is 4. The number of H-pyrrole nitrogens is 1. The van der Waals surface area contributed by atoms with Crippen LogP contribution in [-0.4, -0.2) is 26.2 Å². The highest BCUT2D eigenvalue weighted by Crippen LogP contribution is 2.18. The van der Waals surface area contributed by atoms with Gasteiger partial charge in [-0.2, -0.15) is 0 Å². The maximum atomic E-state index is 12.3. The zero-order valence-corrected chi connectivity index (χ0v) is 13.7. The Morgan fingerprint density at radius 3 is 2.38 bits per heavy atom. The van der Waals surface area contributed by atoms with Crippen molar-refractivity contribution in [1.29, 1.82) is 0 Å². The van der Waals surface area contributed by atoms with Gasteiger partial charge in [-0.15, -0.1) is 0 Å². The van der Waals surface area contributed by atoms with Crippen LogP contribution < -0.4 is 10.9 Å². The van der Waals surface area contributed by atoms with E-state index in [9.17, 15) is 19.8 Å². The Kier molecular flexibility index (Phi) is 5.09. The molecule has 0 aliphatic heterocycles. The molecule has 0 bridgehead atoms. The first-order valence-electron chi connectivity index (χ1n) is 7.92. The molecule has 7 heteroatoms. The van der Waals surface area contributed by atoms with Crippen LogP contribution in [0.1, 0.15) is 17.2 Å². The minimum absolute atomic E-state index is 0.0565. The van der Waals surface area contributed by atoms with Crippen LogP contribution in [-0.2, 0) is 11.3 Å². The topological polar surface area (TPSA) is 115 Å². The standard InChI is InChI=1S/C19H17N3O4/c23-15-4-1-13(2-5-15)17(19(25)26)21-11-14-3-6-16(22-18(14)24)12-7-9-20-10-8-12/h1-10,17,21,23H,11H2,(H,22,24)(H,25,26). The monoisotopic (exact) mass is 351 g/mol. The van der Waals surface area contributed by atoms with Crippen molar-refractivity contribution in [2.24, 2.45) is 0 Å².